The standard InChI is InChI=1S/C63H42N2/c1-3-22-43(23-4-1)46-27-9-10-29-48(46)50-31-14-18-38-57(50)65(61-42-44-24-7-8-28-47(44)49-30-11-12-32-51(49)61)60-41-21-37-56-62(60)52-33-13-15-34-53(52)63(56)54-35-16-19-39-58(54)64(45-25-5-2-6-26-45)59-40-20-17-36-55(59)63/h1-42H. The van der Waals surface area contributed by atoms with E-state index in [1.165, 1.54) is 83.0 Å². The molecule has 11 aromatic rings. The zero-order valence-electron chi connectivity index (χ0n) is 35.6. The Morgan fingerprint density at radius 2 is 0.815 bits per heavy atom. The van der Waals surface area contributed by atoms with Crippen LogP contribution in [0, 0.1) is 0 Å². The van der Waals surface area contributed by atoms with E-state index in [1.54, 1.807) is 0 Å². The Balaban J connectivity index is 1.15. The van der Waals surface area contributed by atoms with Gasteiger partial charge in [-0.2, -0.15) is 0 Å². The third kappa shape index (κ3) is 5.47. The maximum Gasteiger partial charge on any atom is 0.0755 e. The Morgan fingerprint density at radius 1 is 0.308 bits per heavy atom. The van der Waals surface area contributed by atoms with Crippen LogP contribution in [-0.2, 0) is 5.41 Å². The summed E-state index contributed by atoms with van der Waals surface area (Å²) < 4.78 is 0. The molecule has 0 saturated carbocycles. The molecular weight excluding hydrogens is 785 g/mol. The summed E-state index contributed by atoms with van der Waals surface area (Å²) in [5.41, 5.74) is 18.6. The van der Waals surface area contributed by atoms with E-state index in [4.69, 9.17) is 0 Å². The van der Waals surface area contributed by atoms with Gasteiger partial charge in [-0.05, 0) is 103 Å². The lowest BCUT2D eigenvalue weighted by Gasteiger charge is -2.45. The predicted octanol–water partition coefficient (Wildman–Crippen LogP) is 16.9. The van der Waals surface area contributed by atoms with E-state index in [9.17, 15) is 0 Å². The van der Waals surface area contributed by atoms with Gasteiger partial charge >= 0.3 is 0 Å². The maximum atomic E-state index is 2.58. The lowest BCUT2D eigenvalue weighted by atomic mass is 9.64. The molecule has 0 aromatic heterocycles. The van der Waals surface area contributed by atoms with Gasteiger partial charge in [0.15, 0.2) is 0 Å². The Morgan fingerprint density at radius 3 is 1.55 bits per heavy atom. The van der Waals surface area contributed by atoms with Crippen LogP contribution in [0.15, 0.2) is 255 Å². The van der Waals surface area contributed by atoms with E-state index in [2.05, 4.69) is 265 Å². The van der Waals surface area contributed by atoms with E-state index < -0.39 is 5.41 Å². The molecule has 0 bridgehead atoms. The molecule has 2 heteroatoms. The highest BCUT2D eigenvalue weighted by Gasteiger charge is 2.52. The number of para-hydroxylation sites is 4. The van der Waals surface area contributed by atoms with Crippen LogP contribution in [-0.4, -0.2) is 0 Å². The molecule has 0 radical (unpaired) electrons. The van der Waals surface area contributed by atoms with E-state index in [0.717, 1.165) is 28.3 Å². The van der Waals surface area contributed by atoms with Gasteiger partial charge in [-0.1, -0.05) is 212 Å². The number of fused-ring (bicyclic) bond motifs is 12. The number of hydrogen-bond acceptors (Lipinski definition) is 2. The molecule has 0 amide bonds. The second-order valence-corrected chi connectivity index (χ2v) is 17.1. The van der Waals surface area contributed by atoms with E-state index in [-0.39, 0.29) is 0 Å². The van der Waals surface area contributed by atoms with E-state index >= 15 is 0 Å². The monoisotopic (exact) mass is 826 g/mol. The summed E-state index contributed by atoms with van der Waals surface area (Å²) in [6.45, 7) is 0. The highest BCUT2D eigenvalue weighted by Crippen LogP contribution is 2.65. The molecule has 1 spiro atoms. The van der Waals surface area contributed by atoms with Crippen molar-refractivity contribution in [3.63, 3.8) is 0 Å². The van der Waals surface area contributed by atoms with Crippen molar-refractivity contribution in [3.05, 3.63) is 277 Å². The molecule has 0 N–H and O–H groups in total. The first-order chi connectivity index (χ1) is 32.3. The molecular formula is C63H42N2. The van der Waals surface area contributed by atoms with Gasteiger partial charge in [0.2, 0.25) is 0 Å². The highest BCUT2D eigenvalue weighted by atomic mass is 15.2. The minimum Gasteiger partial charge on any atom is -0.310 e. The summed E-state index contributed by atoms with van der Waals surface area (Å²) in [5.74, 6) is 0. The molecule has 11 aromatic carbocycles. The van der Waals surface area contributed by atoms with Crippen molar-refractivity contribution in [1.29, 1.82) is 0 Å². The van der Waals surface area contributed by atoms with Crippen molar-refractivity contribution in [2.75, 3.05) is 9.80 Å². The summed E-state index contributed by atoms with van der Waals surface area (Å²) >= 11 is 0. The van der Waals surface area contributed by atoms with Crippen LogP contribution in [0.4, 0.5) is 34.1 Å². The Kier molecular flexibility index (Phi) is 8.47. The molecule has 0 unspecified atom stereocenters. The number of hydrogen-bond donors (Lipinski definition) is 0. The quantitative estimate of drug-likeness (QED) is 0.154. The van der Waals surface area contributed by atoms with Crippen molar-refractivity contribution in [1.82, 2.24) is 0 Å². The number of anilines is 6. The number of benzene rings is 11. The zero-order chi connectivity index (χ0) is 42.9. The van der Waals surface area contributed by atoms with Crippen LogP contribution in [0.3, 0.4) is 0 Å². The summed E-state index contributed by atoms with van der Waals surface area (Å²) in [6.07, 6.45) is 0. The van der Waals surface area contributed by atoms with Gasteiger partial charge in [0.1, 0.15) is 0 Å². The fourth-order valence-corrected chi connectivity index (χ4v) is 11.3. The van der Waals surface area contributed by atoms with Gasteiger partial charge in [-0.15, -0.1) is 0 Å². The van der Waals surface area contributed by atoms with Crippen LogP contribution >= 0.6 is 0 Å². The average Bonchev–Trinajstić information content (AvgIpc) is 3.68. The first-order valence-electron chi connectivity index (χ1n) is 22.5. The molecule has 65 heavy (non-hydrogen) atoms. The van der Waals surface area contributed by atoms with Crippen molar-refractivity contribution >= 4 is 55.7 Å². The molecule has 2 nitrogen and oxygen atoms in total. The molecule has 2 aliphatic rings. The fourth-order valence-electron chi connectivity index (χ4n) is 11.3. The predicted molar refractivity (Wildman–Crippen MR) is 273 cm³/mol. The average molecular weight is 827 g/mol. The number of rotatable bonds is 6. The summed E-state index contributed by atoms with van der Waals surface area (Å²) in [4.78, 5) is 5.03. The first kappa shape index (κ1) is 37.1. The molecule has 0 atom stereocenters. The summed E-state index contributed by atoms with van der Waals surface area (Å²) in [5, 5.41) is 4.88. The molecule has 1 aliphatic carbocycles. The van der Waals surface area contributed by atoms with E-state index in [1.807, 2.05) is 0 Å². The minimum absolute atomic E-state index is 0.600. The third-order valence-corrected chi connectivity index (χ3v) is 13.8. The van der Waals surface area contributed by atoms with Crippen LogP contribution < -0.4 is 9.80 Å². The van der Waals surface area contributed by atoms with Crippen molar-refractivity contribution in [2.45, 2.75) is 5.41 Å². The van der Waals surface area contributed by atoms with Gasteiger partial charge in [0.25, 0.3) is 0 Å². The highest BCUT2D eigenvalue weighted by molar-refractivity contribution is 6.16. The molecule has 1 heterocycles. The van der Waals surface area contributed by atoms with Crippen molar-refractivity contribution in [2.24, 2.45) is 0 Å². The van der Waals surface area contributed by atoms with Crippen LogP contribution in [0.25, 0.3) is 54.9 Å². The molecule has 0 saturated heterocycles. The van der Waals surface area contributed by atoms with Gasteiger partial charge < -0.3 is 9.80 Å². The van der Waals surface area contributed by atoms with E-state index in [0.29, 0.717) is 0 Å². The van der Waals surface area contributed by atoms with Crippen LogP contribution in [0.2, 0.25) is 0 Å². The van der Waals surface area contributed by atoms with Gasteiger partial charge in [0, 0.05) is 22.2 Å². The Bertz CT molecular complexity index is 3580. The topological polar surface area (TPSA) is 6.48 Å². The maximum absolute atomic E-state index is 2.58. The summed E-state index contributed by atoms with van der Waals surface area (Å²) in [6, 6.07) is 94.0. The smallest absolute Gasteiger partial charge is 0.0755 e. The van der Waals surface area contributed by atoms with Crippen molar-refractivity contribution in [3.8, 4) is 33.4 Å². The molecule has 13 rings (SSSR count). The molecule has 304 valence electrons. The zero-order valence-corrected chi connectivity index (χ0v) is 35.6. The lowest BCUT2D eigenvalue weighted by molar-refractivity contribution is 0.752. The van der Waals surface area contributed by atoms with Gasteiger partial charge in [-0.3, -0.25) is 0 Å². The van der Waals surface area contributed by atoms with Crippen LogP contribution in [0.1, 0.15) is 22.3 Å². The largest absolute Gasteiger partial charge is 0.310 e. The second-order valence-electron chi connectivity index (χ2n) is 17.1. The first-order valence-corrected chi connectivity index (χ1v) is 22.5. The summed E-state index contributed by atoms with van der Waals surface area (Å²) in [7, 11) is 0. The molecule has 1 aliphatic heterocycles. The number of nitrogens with zero attached hydrogens (tertiary/aromatic N) is 2. The van der Waals surface area contributed by atoms with Gasteiger partial charge in [0.05, 0.1) is 33.9 Å². The van der Waals surface area contributed by atoms with Crippen molar-refractivity contribution < 1.29 is 0 Å². The lowest BCUT2D eigenvalue weighted by Crippen LogP contribution is -2.36. The minimum atomic E-state index is -0.600. The van der Waals surface area contributed by atoms with Crippen LogP contribution in [0.5, 0.6) is 0 Å². The second kappa shape index (κ2) is 14.8. The van der Waals surface area contributed by atoms with Gasteiger partial charge in [-0.25, -0.2) is 0 Å². The fraction of sp³-hybridized carbons (Fsp3) is 0.0159. The molecule has 0 fully saturated rings. The Labute approximate surface area is 379 Å². The normalized spacial score (nSPS) is 13.0. The third-order valence-electron chi connectivity index (χ3n) is 13.8. The Hall–Kier alpha value is -8.46. The SMILES string of the molecule is c1ccc(-c2ccccc2-c2ccccc2N(c2cccc3c2-c2ccccc2C32c3ccccc3N(c3ccccc3)c3ccccc32)c2cc3ccccc3c3ccccc23)cc1.